The van der Waals surface area contributed by atoms with Gasteiger partial charge in [0.15, 0.2) is 15.0 Å². The number of carbonyl (C=O) groups excluding carboxylic acids is 1. The van der Waals surface area contributed by atoms with Crippen molar-refractivity contribution in [3.63, 3.8) is 0 Å². The molecule has 0 unspecified atom stereocenters. The molecule has 2 fully saturated rings. The van der Waals surface area contributed by atoms with Crippen molar-refractivity contribution in [3.05, 3.63) is 24.3 Å². The molecule has 0 saturated carbocycles. The van der Waals surface area contributed by atoms with Crippen LogP contribution in [0.2, 0.25) is 0 Å². The largest absolute Gasteiger partial charge is 0.372 e. The van der Waals surface area contributed by atoms with E-state index in [0.717, 1.165) is 24.5 Å². The van der Waals surface area contributed by atoms with Crippen LogP contribution in [0.3, 0.4) is 0 Å². The summed E-state index contributed by atoms with van der Waals surface area (Å²) in [6, 6.07) is 7.95. The Morgan fingerprint density at radius 2 is 1.86 bits per heavy atom. The van der Waals surface area contributed by atoms with Gasteiger partial charge in [-0.25, -0.2) is 8.42 Å². The number of aliphatic imine (C=N–C) groups is 1. The molecule has 1 aromatic carbocycles. The Balaban J connectivity index is 1.92. The Morgan fingerprint density at radius 1 is 1.21 bits per heavy atom. The Kier molecular flexibility index (Phi) is 6.39. The van der Waals surface area contributed by atoms with E-state index in [1.165, 1.54) is 11.8 Å². The molecule has 6 nitrogen and oxygen atoms in total. The van der Waals surface area contributed by atoms with Crippen molar-refractivity contribution in [1.82, 2.24) is 0 Å². The third-order valence-corrected chi connectivity index (χ3v) is 8.34. The van der Waals surface area contributed by atoms with E-state index in [1.54, 1.807) is 0 Å². The second-order valence-corrected chi connectivity index (χ2v) is 11.1. The first-order valence-corrected chi connectivity index (χ1v) is 12.6. The molecule has 28 heavy (non-hydrogen) atoms. The molecule has 154 valence electrons. The number of amidine groups is 1. The molecule has 1 aromatic rings. The van der Waals surface area contributed by atoms with Crippen LogP contribution in [0.5, 0.6) is 0 Å². The van der Waals surface area contributed by atoms with Crippen LogP contribution in [0.4, 0.5) is 11.4 Å². The zero-order chi connectivity index (χ0) is 20.5. The number of hydrogen-bond acceptors (Lipinski definition) is 5. The molecule has 8 heteroatoms. The highest BCUT2D eigenvalue weighted by Crippen LogP contribution is 2.41. The van der Waals surface area contributed by atoms with E-state index in [9.17, 15) is 13.2 Å². The molecule has 2 aliphatic heterocycles. The maximum absolute atomic E-state index is 12.3. The lowest BCUT2D eigenvalue weighted by Gasteiger charge is -2.26. The molecule has 2 atom stereocenters. The first-order valence-electron chi connectivity index (χ1n) is 9.87. The number of carbonyl (C=O) groups is 1. The van der Waals surface area contributed by atoms with Crippen LogP contribution in [0, 0.1) is 5.92 Å². The number of thioether (sulfide) groups is 1. The van der Waals surface area contributed by atoms with Crippen molar-refractivity contribution >= 4 is 44.0 Å². The van der Waals surface area contributed by atoms with Crippen molar-refractivity contribution in [3.8, 4) is 0 Å². The first-order chi connectivity index (χ1) is 13.2. The van der Waals surface area contributed by atoms with Crippen molar-refractivity contribution in [2.24, 2.45) is 10.9 Å². The maximum Gasteiger partial charge on any atom is 0.248 e. The van der Waals surface area contributed by atoms with Gasteiger partial charge in [0, 0.05) is 36.1 Å². The summed E-state index contributed by atoms with van der Waals surface area (Å²) < 4.78 is 24.3. The van der Waals surface area contributed by atoms with Gasteiger partial charge >= 0.3 is 0 Å². The van der Waals surface area contributed by atoms with Gasteiger partial charge in [-0.05, 0) is 44.0 Å². The van der Waals surface area contributed by atoms with Crippen molar-refractivity contribution in [1.29, 1.82) is 0 Å². The van der Waals surface area contributed by atoms with Crippen LogP contribution in [-0.4, -0.2) is 55.4 Å². The molecule has 0 aromatic heterocycles. The third-order valence-electron chi connectivity index (χ3n) is 5.13. The molecule has 0 radical (unpaired) electrons. The summed E-state index contributed by atoms with van der Waals surface area (Å²) in [4.78, 5) is 20.9. The van der Waals surface area contributed by atoms with Crippen LogP contribution in [0.1, 0.15) is 34.1 Å². The molecule has 1 amide bonds. The number of anilines is 2. The minimum absolute atomic E-state index is 0.0712. The van der Waals surface area contributed by atoms with Crippen molar-refractivity contribution in [2.45, 2.75) is 45.4 Å². The Hall–Kier alpha value is -1.54. The molecule has 2 heterocycles. The molecule has 2 aliphatic rings. The Morgan fingerprint density at radius 3 is 2.43 bits per heavy atom. The Labute approximate surface area is 172 Å². The lowest BCUT2D eigenvalue weighted by Crippen LogP contribution is -2.37. The number of hydrogen-bond donors (Lipinski definition) is 0. The fourth-order valence-electron chi connectivity index (χ4n) is 3.78. The molecule has 0 aliphatic carbocycles. The van der Waals surface area contributed by atoms with Crippen LogP contribution >= 0.6 is 11.8 Å². The van der Waals surface area contributed by atoms with Gasteiger partial charge in [0.1, 0.15) is 0 Å². The summed E-state index contributed by atoms with van der Waals surface area (Å²) >= 11 is 1.43. The highest BCUT2D eigenvalue weighted by atomic mass is 32.2. The zero-order valence-corrected chi connectivity index (χ0v) is 18.6. The third kappa shape index (κ3) is 4.54. The summed E-state index contributed by atoms with van der Waals surface area (Å²) in [6.45, 7) is 10.1. The summed E-state index contributed by atoms with van der Waals surface area (Å²) in [7, 11) is -3.06. The van der Waals surface area contributed by atoms with Gasteiger partial charge in [0.25, 0.3) is 0 Å². The van der Waals surface area contributed by atoms with Gasteiger partial charge in [0.05, 0.1) is 17.5 Å². The topological polar surface area (TPSA) is 70.0 Å². The first kappa shape index (κ1) is 21.2. The van der Waals surface area contributed by atoms with E-state index in [0.29, 0.717) is 11.6 Å². The van der Waals surface area contributed by atoms with Gasteiger partial charge in [-0.15, -0.1) is 0 Å². The second-order valence-electron chi connectivity index (χ2n) is 7.75. The SMILES string of the molecule is CCN(CC)c1ccc(N2C(=NC(=O)CC(C)C)S[C@H]3CS(=O)(=O)C[C@H]32)cc1. The van der Waals surface area contributed by atoms with Crippen LogP contribution in [-0.2, 0) is 14.6 Å². The lowest BCUT2D eigenvalue weighted by molar-refractivity contribution is -0.118. The maximum atomic E-state index is 12.3. The number of fused-ring (bicyclic) bond motifs is 1. The van der Waals surface area contributed by atoms with Crippen LogP contribution < -0.4 is 9.80 Å². The van der Waals surface area contributed by atoms with Gasteiger partial charge in [-0.1, -0.05) is 25.6 Å². The predicted octanol–water partition coefficient (Wildman–Crippen LogP) is 3.18. The highest BCUT2D eigenvalue weighted by molar-refractivity contribution is 8.16. The summed E-state index contributed by atoms with van der Waals surface area (Å²) in [6.07, 6.45) is 0.395. The van der Waals surface area contributed by atoms with Gasteiger partial charge in [0.2, 0.25) is 5.91 Å². The fraction of sp³-hybridized carbons (Fsp3) is 0.600. The normalized spacial score (nSPS) is 24.8. The molecule has 0 N–H and O–H groups in total. The van der Waals surface area contributed by atoms with Gasteiger partial charge in [-0.3, -0.25) is 4.79 Å². The number of rotatable bonds is 6. The number of sulfone groups is 1. The average Bonchev–Trinajstić information content (AvgIpc) is 3.06. The van der Waals surface area contributed by atoms with Gasteiger partial charge < -0.3 is 9.80 Å². The average molecular weight is 424 g/mol. The van der Waals surface area contributed by atoms with E-state index in [-0.39, 0.29) is 34.6 Å². The summed E-state index contributed by atoms with van der Waals surface area (Å²) in [5.41, 5.74) is 2.02. The van der Waals surface area contributed by atoms with E-state index in [4.69, 9.17) is 0 Å². The highest BCUT2D eigenvalue weighted by Gasteiger charge is 2.49. The predicted molar refractivity (Wildman–Crippen MR) is 118 cm³/mol. The van der Waals surface area contributed by atoms with E-state index in [1.807, 2.05) is 30.9 Å². The van der Waals surface area contributed by atoms with Crippen LogP contribution in [0.25, 0.3) is 0 Å². The lowest BCUT2D eigenvalue weighted by atomic mass is 10.1. The van der Waals surface area contributed by atoms with E-state index < -0.39 is 9.84 Å². The molecule has 2 saturated heterocycles. The monoisotopic (exact) mass is 423 g/mol. The summed E-state index contributed by atoms with van der Waals surface area (Å²) in [5.74, 6) is 0.350. The molecular formula is C20H29N3O3S2. The zero-order valence-electron chi connectivity index (χ0n) is 17.0. The molecule has 0 bridgehead atoms. The van der Waals surface area contributed by atoms with Crippen LogP contribution in [0.15, 0.2) is 29.3 Å². The quantitative estimate of drug-likeness (QED) is 0.700. The molecule has 3 rings (SSSR count). The van der Waals surface area contributed by atoms with E-state index in [2.05, 4.69) is 35.9 Å². The number of benzene rings is 1. The molecule has 0 spiro atoms. The smallest absolute Gasteiger partial charge is 0.248 e. The van der Waals surface area contributed by atoms with E-state index >= 15 is 0 Å². The molecular weight excluding hydrogens is 394 g/mol. The Bertz CT molecular complexity index is 846. The van der Waals surface area contributed by atoms with Crippen molar-refractivity contribution in [2.75, 3.05) is 34.4 Å². The minimum atomic E-state index is -3.06. The fourth-order valence-corrected chi connectivity index (χ4v) is 7.71. The van der Waals surface area contributed by atoms with Crippen molar-refractivity contribution < 1.29 is 13.2 Å². The van der Waals surface area contributed by atoms with Gasteiger partial charge in [-0.2, -0.15) is 4.99 Å². The second kappa shape index (κ2) is 8.45. The number of nitrogens with zero attached hydrogens (tertiary/aromatic N) is 3. The standard InChI is InChI=1S/C20H29N3O3S2/c1-5-22(6-2)15-7-9-16(10-8-15)23-17-12-28(25,26)13-18(17)27-20(23)21-19(24)11-14(3)4/h7-10,14,17-18H,5-6,11-13H2,1-4H3/t17-,18+/m1/s1. The minimum Gasteiger partial charge on any atom is -0.372 e. The summed E-state index contributed by atoms with van der Waals surface area (Å²) in [5, 5.41) is 0.559. The number of amides is 1.